The zero-order valence-corrected chi connectivity index (χ0v) is 13.0. The minimum absolute atomic E-state index is 0.0319. The number of rotatable bonds is 2. The Balaban J connectivity index is 2.29. The number of hydrogen-bond donors (Lipinski definition) is 2. The molecule has 0 saturated carbocycles. The fraction of sp³-hybridized carbons (Fsp3) is 0.0625. The van der Waals surface area contributed by atoms with E-state index in [1.54, 1.807) is 12.1 Å². The van der Waals surface area contributed by atoms with Crippen molar-refractivity contribution in [3.05, 3.63) is 51.1 Å². The van der Waals surface area contributed by atoms with Crippen molar-refractivity contribution in [1.29, 1.82) is 0 Å². The highest BCUT2D eigenvalue weighted by Crippen LogP contribution is 2.41. The van der Waals surface area contributed by atoms with Gasteiger partial charge in [0.25, 0.3) is 0 Å². The lowest BCUT2D eigenvalue weighted by Crippen LogP contribution is -2.01. The molecule has 0 unspecified atom stereocenters. The van der Waals surface area contributed by atoms with Crippen LogP contribution in [0.3, 0.4) is 0 Å². The first kappa shape index (κ1) is 14.5. The highest BCUT2D eigenvalue weighted by atomic mass is 79.9. The minimum atomic E-state index is -0.436. The van der Waals surface area contributed by atoms with E-state index >= 15 is 0 Å². The molecule has 0 saturated heterocycles. The van der Waals surface area contributed by atoms with Crippen molar-refractivity contribution in [1.82, 2.24) is 0 Å². The average Bonchev–Trinajstić information content (AvgIpc) is 2.47. The molecular weight excluding hydrogens is 352 g/mol. The fourth-order valence-corrected chi connectivity index (χ4v) is 2.49. The van der Waals surface area contributed by atoms with Gasteiger partial charge in [-0.25, -0.2) is 0 Å². The first-order valence-electron chi connectivity index (χ1n) is 6.34. The largest absolute Gasteiger partial charge is 0.504 e. The molecule has 22 heavy (non-hydrogen) atoms. The number of methoxy groups -OCH3 is 1. The number of fused-ring (bicyclic) bond motifs is 1. The van der Waals surface area contributed by atoms with E-state index in [0.717, 1.165) is 4.47 Å². The van der Waals surface area contributed by atoms with Crippen LogP contribution in [-0.4, -0.2) is 17.3 Å². The number of halogens is 1. The first-order valence-corrected chi connectivity index (χ1v) is 7.13. The van der Waals surface area contributed by atoms with Gasteiger partial charge in [0.1, 0.15) is 16.7 Å². The van der Waals surface area contributed by atoms with Crippen LogP contribution < -0.4 is 10.2 Å². The van der Waals surface area contributed by atoms with Crippen LogP contribution in [0.15, 0.2) is 50.1 Å². The van der Waals surface area contributed by atoms with Gasteiger partial charge in [0.05, 0.1) is 7.11 Å². The summed E-state index contributed by atoms with van der Waals surface area (Å²) in [5, 5.41) is 19.9. The molecule has 6 heteroatoms. The van der Waals surface area contributed by atoms with E-state index in [2.05, 4.69) is 15.9 Å². The SMILES string of the molecule is COc1c(O)cc2oc(-c3ccc(Br)cc3)cc(=O)c2c1O. The third-order valence-electron chi connectivity index (χ3n) is 3.26. The second-order valence-electron chi connectivity index (χ2n) is 4.63. The predicted octanol–water partition coefficient (Wildman–Crippen LogP) is 3.64. The Morgan fingerprint density at radius 2 is 1.82 bits per heavy atom. The lowest BCUT2D eigenvalue weighted by Gasteiger charge is -2.09. The summed E-state index contributed by atoms with van der Waals surface area (Å²) in [6, 6.07) is 9.76. The van der Waals surface area contributed by atoms with Crippen LogP contribution in [0.4, 0.5) is 0 Å². The summed E-state index contributed by atoms with van der Waals surface area (Å²) in [5.74, 6) is -0.553. The molecule has 0 aliphatic carbocycles. The third-order valence-corrected chi connectivity index (χ3v) is 3.79. The van der Waals surface area contributed by atoms with Gasteiger partial charge in [0.2, 0.25) is 5.75 Å². The molecule has 1 heterocycles. The zero-order valence-electron chi connectivity index (χ0n) is 11.5. The minimum Gasteiger partial charge on any atom is -0.504 e. The molecule has 0 atom stereocenters. The van der Waals surface area contributed by atoms with Crippen molar-refractivity contribution in [2.75, 3.05) is 7.11 Å². The molecule has 0 bridgehead atoms. The average molecular weight is 363 g/mol. The van der Waals surface area contributed by atoms with E-state index in [1.165, 1.54) is 19.2 Å². The van der Waals surface area contributed by atoms with E-state index in [4.69, 9.17) is 9.15 Å². The molecule has 2 aromatic carbocycles. The van der Waals surface area contributed by atoms with Gasteiger partial charge in [0, 0.05) is 22.2 Å². The lowest BCUT2D eigenvalue weighted by molar-refractivity contribution is 0.346. The van der Waals surface area contributed by atoms with Crippen molar-refractivity contribution in [3.63, 3.8) is 0 Å². The van der Waals surface area contributed by atoms with Crippen molar-refractivity contribution < 1.29 is 19.4 Å². The van der Waals surface area contributed by atoms with Crippen LogP contribution in [-0.2, 0) is 0 Å². The Hall–Kier alpha value is -2.47. The summed E-state index contributed by atoms with van der Waals surface area (Å²) in [5.41, 5.74) is 0.369. The number of phenols is 2. The third kappa shape index (κ3) is 2.31. The van der Waals surface area contributed by atoms with E-state index in [-0.39, 0.29) is 22.5 Å². The van der Waals surface area contributed by atoms with Crippen molar-refractivity contribution in [2.45, 2.75) is 0 Å². The maximum Gasteiger partial charge on any atom is 0.203 e. The second kappa shape index (κ2) is 5.38. The Labute approximate surface area is 133 Å². The Kier molecular flexibility index (Phi) is 3.54. The fourth-order valence-electron chi connectivity index (χ4n) is 2.23. The maximum atomic E-state index is 12.3. The molecule has 0 radical (unpaired) electrons. The molecule has 0 aliphatic heterocycles. The van der Waals surface area contributed by atoms with Gasteiger partial charge in [-0.15, -0.1) is 0 Å². The van der Waals surface area contributed by atoms with Crippen LogP contribution in [0.2, 0.25) is 0 Å². The summed E-state index contributed by atoms with van der Waals surface area (Å²) in [7, 11) is 1.29. The molecule has 3 rings (SSSR count). The molecule has 1 aromatic heterocycles. The monoisotopic (exact) mass is 362 g/mol. The zero-order chi connectivity index (χ0) is 15.9. The topological polar surface area (TPSA) is 79.9 Å². The van der Waals surface area contributed by atoms with Crippen LogP contribution in [0.5, 0.6) is 17.2 Å². The summed E-state index contributed by atoms with van der Waals surface area (Å²) in [4.78, 5) is 12.3. The number of benzene rings is 2. The van der Waals surface area contributed by atoms with Crippen molar-refractivity contribution in [3.8, 4) is 28.6 Å². The predicted molar refractivity (Wildman–Crippen MR) is 85.5 cm³/mol. The van der Waals surface area contributed by atoms with Crippen molar-refractivity contribution >= 4 is 26.9 Å². The van der Waals surface area contributed by atoms with E-state index < -0.39 is 11.2 Å². The van der Waals surface area contributed by atoms with E-state index in [9.17, 15) is 15.0 Å². The Morgan fingerprint density at radius 1 is 1.14 bits per heavy atom. The van der Waals surface area contributed by atoms with Crippen molar-refractivity contribution in [2.24, 2.45) is 0 Å². The summed E-state index contributed by atoms with van der Waals surface area (Å²) >= 11 is 3.33. The van der Waals surface area contributed by atoms with E-state index in [1.807, 2.05) is 12.1 Å². The van der Waals surface area contributed by atoms with Gasteiger partial charge in [-0.05, 0) is 12.1 Å². The molecule has 5 nitrogen and oxygen atoms in total. The number of hydrogen-bond acceptors (Lipinski definition) is 5. The second-order valence-corrected chi connectivity index (χ2v) is 5.55. The summed E-state index contributed by atoms with van der Waals surface area (Å²) < 4.78 is 11.4. The van der Waals surface area contributed by atoms with E-state index in [0.29, 0.717) is 11.3 Å². The number of ether oxygens (including phenoxy) is 1. The number of aromatic hydroxyl groups is 2. The van der Waals surface area contributed by atoms with Gasteiger partial charge in [0.15, 0.2) is 16.9 Å². The normalized spacial score (nSPS) is 10.8. The van der Waals surface area contributed by atoms with Crippen LogP contribution >= 0.6 is 15.9 Å². The van der Waals surface area contributed by atoms with Gasteiger partial charge in [-0.3, -0.25) is 4.79 Å². The van der Waals surface area contributed by atoms with Crippen LogP contribution in [0.1, 0.15) is 0 Å². The van der Waals surface area contributed by atoms with Gasteiger partial charge in [-0.2, -0.15) is 0 Å². The summed E-state index contributed by atoms with van der Waals surface area (Å²) in [6.45, 7) is 0. The van der Waals surface area contributed by atoms with Crippen LogP contribution in [0.25, 0.3) is 22.3 Å². The molecule has 2 N–H and O–H groups in total. The molecular formula is C16H11BrO5. The van der Waals surface area contributed by atoms with Gasteiger partial charge in [-0.1, -0.05) is 28.1 Å². The van der Waals surface area contributed by atoms with Gasteiger partial charge < -0.3 is 19.4 Å². The molecule has 0 fully saturated rings. The molecule has 112 valence electrons. The smallest absolute Gasteiger partial charge is 0.203 e. The number of phenolic OH excluding ortho intramolecular Hbond substituents is 2. The molecule has 0 spiro atoms. The Morgan fingerprint density at radius 3 is 2.45 bits per heavy atom. The molecule has 3 aromatic rings. The molecule has 0 aliphatic rings. The maximum absolute atomic E-state index is 12.3. The van der Waals surface area contributed by atoms with Crippen LogP contribution in [0, 0.1) is 0 Å². The molecule has 0 amide bonds. The standard InChI is InChI=1S/C16H11BrO5/c1-21-16-11(19)7-13-14(15(16)20)10(18)6-12(22-13)8-2-4-9(17)5-3-8/h2-7,19-20H,1H3. The highest BCUT2D eigenvalue weighted by molar-refractivity contribution is 9.10. The first-order chi connectivity index (χ1) is 10.5. The quantitative estimate of drug-likeness (QED) is 0.727. The lowest BCUT2D eigenvalue weighted by atomic mass is 10.1. The summed E-state index contributed by atoms with van der Waals surface area (Å²) in [6.07, 6.45) is 0. The highest BCUT2D eigenvalue weighted by Gasteiger charge is 2.18. The van der Waals surface area contributed by atoms with Gasteiger partial charge >= 0.3 is 0 Å². The Bertz CT molecular complexity index is 912.